The fraction of sp³-hybridized carbons (Fsp3) is 0.300. The van der Waals surface area contributed by atoms with Gasteiger partial charge in [-0.25, -0.2) is 0 Å². The molecule has 3 rings (SSSR count). The summed E-state index contributed by atoms with van der Waals surface area (Å²) in [5, 5.41) is 3.26. The minimum atomic E-state index is -0.372. The lowest BCUT2D eigenvalue weighted by molar-refractivity contribution is 0.0725. The molecule has 6 heteroatoms. The molecule has 1 saturated heterocycles. The Labute approximate surface area is 157 Å². The second-order valence-electron chi connectivity index (χ2n) is 6.20. The molecular formula is C20H21ClN2O3. The van der Waals surface area contributed by atoms with E-state index >= 15 is 0 Å². The summed E-state index contributed by atoms with van der Waals surface area (Å²) < 4.78 is 5.24. The molecule has 0 unspecified atom stereocenters. The van der Waals surface area contributed by atoms with Crippen LogP contribution in [0, 0.1) is 0 Å². The second kappa shape index (κ2) is 8.23. The zero-order valence-corrected chi connectivity index (χ0v) is 15.4. The van der Waals surface area contributed by atoms with Gasteiger partial charge in [0.25, 0.3) is 11.8 Å². The summed E-state index contributed by atoms with van der Waals surface area (Å²) in [5.41, 5.74) is 1.29. The molecule has 136 valence electrons. The van der Waals surface area contributed by atoms with Crippen LogP contribution in [0.15, 0.2) is 42.5 Å². The number of nitrogens with one attached hydrogen (secondary N) is 1. The average Bonchev–Trinajstić information content (AvgIpc) is 2.68. The molecule has 0 atom stereocenters. The molecule has 2 aromatic rings. The van der Waals surface area contributed by atoms with Gasteiger partial charge in [0.15, 0.2) is 0 Å². The number of amides is 2. The van der Waals surface area contributed by atoms with Gasteiger partial charge in [0.1, 0.15) is 5.75 Å². The van der Waals surface area contributed by atoms with Crippen LogP contribution in [-0.2, 0) is 0 Å². The number of rotatable bonds is 4. The first-order chi connectivity index (χ1) is 12.6. The van der Waals surface area contributed by atoms with Crippen LogP contribution >= 0.6 is 11.6 Å². The Hall–Kier alpha value is -2.53. The van der Waals surface area contributed by atoms with Gasteiger partial charge in [-0.05, 0) is 49.6 Å². The van der Waals surface area contributed by atoms with Gasteiger partial charge in [0.2, 0.25) is 0 Å². The Morgan fingerprint density at radius 1 is 1.04 bits per heavy atom. The number of hydrogen-bond acceptors (Lipinski definition) is 3. The first kappa shape index (κ1) is 18.3. The lowest BCUT2D eigenvalue weighted by Crippen LogP contribution is -2.36. The summed E-state index contributed by atoms with van der Waals surface area (Å²) in [7, 11) is 1.49. The van der Waals surface area contributed by atoms with Gasteiger partial charge < -0.3 is 15.0 Å². The topological polar surface area (TPSA) is 58.6 Å². The molecular weight excluding hydrogens is 352 g/mol. The van der Waals surface area contributed by atoms with Crippen molar-refractivity contribution in [1.82, 2.24) is 4.90 Å². The van der Waals surface area contributed by atoms with Crippen LogP contribution in [-0.4, -0.2) is 36.9 Å². The predicted molar refractivity (Wildman–Crippen MR) is 102 cm³/mol. The van der Waals surface area contributed by atoms with Crippen molar-refractivity contribution in [2.75, 3.05) is 25.5 Å². The van der Waals surface area contributed by atoms with Crippen LogP contribution in [0.3, 0.4) is 0 Å². The third kappa shape index (κ3) is 3.99. The summed E-state index contributed by atoms with van der Waals surface area (Å²) in [4.78, 5) is 27.4. The normalized spacial score (nSPS) is 14.0. The lowest BCUT2D eigenvalue weighted by atomic mass is 10.1. The molecule has 1 heterocycles. The van der Waals surface area contributed by atoms with E-state index in [9.17, 15) is 9.59 Å². The maximum atomic E-state index is 12.8. The van der Waals surface area contributed by atoms with E-state index in [0.29, 0.717) is 27.6 Å². The van der Waals surface area contributed by atoms with Crippen LogP contribution < -0.4 is 10.1 Å². The summed E-state index contributed by atoms with van der Waals surface area (Å²) in [6, 6.07) is 11.9. The van der Waals surface area contributed by atoms with Crippen molar-refractivity contribution in [1.29, 1.82) is 0 Å². The number of nitrogens with zero attached hydrogens (tertiary/aromatic N) is 1. The highest BCUT2D eigenvalue weighted by Gasteiger charge is 2.22. The number of anilines is 1. The van der Waals surface area contributed by atoms with Crippen LogP contribution in [0.4, 0.5) is 5.69 Å². The molecule has 1 N–H and O–H groups in total. The molecule has 2 aromatic carbocycles. The number of para-hydroxylation sites is 1. The van der Waals surface area contributed by atoms with Crippen molar-refractivity contribution in [2.24, 2.45) is 0 Å². The Kier molecular flexibility index (Phi) is 5.78. The van der Waals surface area contributed by atoms with Crippen molar-refractivity contribution >= 4 is 29.1 Å². The smallest absolute Gasteiger partial charge is 0.259 e. The van der Waals surface area contributed by atoms with E-state index in [1.807, 2.05) is 4.90 Å². The maximum Gasteiger partial charge on any atom is 0.259 e. The van der Waals surface area contributed by atoms with Gasteiger partial charge in [-0.1, -0.05) is 23.7 Å². The molecule has 0 radical (unpaired) electrons. The predicted octanol–water partition coefficient (Wildman–Crippen LogP) is 4.23. The number of piperidine rings is 1. The van der Waals surface area contributed by atoms with Crippen LogP contribution in [0.1, 0.15) is 40.0 Å². The monoisotopic (exact) mass is 372 g/mol. The van der Waals surface area contributed by atoms with Crippen molar-refractivity contribution in [3.63, 3.8) is 0 Å². The quantitative estimate of drug-likeness (QED) is 0.873. The largest absolute Gasteiger partial charge is 0.496 e. The number of methoxy groups -OCH3 is 1. The summed E-state index contributed by atoms with van der Waals surface area (Å²) in [6.07, 6.45) is 3.18. The highest BCUT2D eigenvalue weighted by atomic mass is 35.5. The molecule has 26 heavy (non-hydrogen) atoms. The highest BCUT2D eigenvalue weighted by molar-refractivity contribution is 6.31. The first-order valence-electron chi connectivity index (χ1n) is 8.63. The number of ether oxygens (including phenoxy) is 1. The number of benzene rings is 2. The lowest BCUT2D eigenvalue weighted by Gasteiger charge is -2.27. The second-order valence-corrected chi connectivity index (χ2v) is 6.63. The molecule has 0 saturated carbocycles. The van der Waals surface area contributed by atoms with Crippen LogP contribution in [0.25, 0.3) is 0 Å². The highest BCUT2D eigenvalue weighted by Crippen LogP contribution is 2.25. The van der Waals surface area contributed by atoms with E-state index in [1.165, 1.54) is 7.11 Å². The number of halogens is 1. The molecule has 0 aliphatic carbocycles. The minimum absolute atomic E-state index is 0.0568. The molecule has 0 aromatic heterocycles. The third-order valence-electron chi connectivity index (χ3n) is 4.46. The number of carbonyl (C=O) groups is 2. The molecule has 0 spiro atoms. The van der Waals surface area contributed by atoms with Gasteiger partial charge in [0.05, 0.1) is 23.9 Å². The third-order valence-corrected chi connectivity index (χ3v) is 4.69. The van der Waals surface area contributed by atoms with Crippen molar-refractivity contribution in [2.45, 2.75) is 19.3 Å². The standard InChI is InChI=1S/C20H21ClN2O3/c1-26-18-10-9-14(21)13-16(18)19(24)22-17-8-4-3-7-15(17)20(25)23-11-5-2-6-12-23/h3-4,7-10,13H,2,5-6,11-12H2,1H3,(H,22,24). The first-order valence-corrected chi connectivity index (χ1v) is 9.01. The molecule has 1 fully saturated rings. The van der Waals surface area contributed by atoms with Crippen molar-refractivity contribution in [3.05, 3.63) is 58.6 Å². The van der Waals surface area contributed by atoms with Gasteiger partial charge in [-0.3, -0.25) is 9.59 Å². The Morgan fingerprint density at radius 3 is 2.50 bits per heavy atom. The Bertz CT molecular complexity index is 816. The van der Waals surface area contributed by atoms with E-state index in [1.54, 1.807) is 42.5 Å². The zero-order valence-electron chi connectivity index (χ0n) is 14.6. The van der Waals surface area contributed by atoms with E-state index in [4.69, 9.17) is 16.3 Å². The van der Waals surface area contributed by atoms with E-state index < -0.39 is 0 Å². The van der Waals surface area contributed by atoms with Gasteiger partial charge in [-0.15, -0.1) is 0 Å². The van der Waals surface area contributed by atoms with E-state index in [0.717, 1.165) is 32.4 Å². The van der Waals surface area contributed by atoms with Crippen LogP contribution in [0.2, 0.25) is 5.02 Å². The minimum Gasteiger partial charge on any atom is -0.496 e. The summed E-state index contributed by atoms with van der Waals surface area (Å²) in [5.74, 6) is -0.00589. The summed E-state index contributed by atoms with van der Waals surface area (Å²) >= 11 is 6.01. The number of likely N-dealkylation sites (tertiary alicyclic amines) is 1. The number of hydrogen-bond donors (Lipinski definition) is 1. The van der Waals surface area contributed by atoms with Gasteiger partial charge >= 0.3 is 0 Å². The molecule has 0 bridgehead atoms. The van der Waals surface area contributed by atoms with E-state index in [-0.39, 0.29) is 11.8 Å². The zero-order chi connectivity index (χ0) is 18.5. The Morgan fingerprint density at radius 2 is 1.77 bits per heavy atom. The van der Waals surface area contributed by atoms with Gasteiger partial charge in [-0.2, -0.15) is 0 Å². The maximum absolute atomic E-state index is 12.8. The van der Waals surface area contributed by atoms with E-state index in [2.05, 4.69) is 5.32 Å². The SMILES string of the molecule is COc1ccc(Cl)cc1C(=O)Nc1ccccc1C(=O)N1CCCCC1. The fourth-order valence-electron chi connectivity index (χ4n) is 3.09. The number of carbonyl (C=O) groups excluding carboxylic acids is 2. The van der Waals surface area contributed by atoms with Crippen molar-refractivity contribution in [3.8, 4) is 5.75 Å². The molecule has 2 amide bonds. The molecule has 1 aliphatic rings. The molecule has 5 nitrogen and oxygen atoms in total. The Balaban J connectivity index is 1.85. The van der Waals surface area contributed by atoms with Crippen LogP contribution in [0.5, 0.6) is 5.75 Å². The fourth-order valence-corrected chi connectivity index (χ4v) is 3.27. The summed E-state index contributed by atoms with van der Waals surface area (Å²) in [6.45, 7) is 1.51. The van der Waals surface area contributed by atoms with Gasteiger partial charge in [0, 0.05) is 18.1 Å². The average molecular weight is 373 g/mol. The van der Waals surface area contributed by atoms with Crippen molar-refractivity contribution < 1.29 is 14.3 Å². The molecule has 1 aliphatic heterocycles.